The highest BCUT2D eigenvalue weighted by Gasteiger charge is 2.29. The first kappa shape index (κ1) is 27.3. The lowest BCUT2D eigenvalue weighted by Crippen LogP contribution is -2.51. The van der Waals surface area contributed by atoms with Gasteiger partial charge in [0.25, 0.3) is 5.56 Å². The molecule has 1 saturated heterocycles. The van der Waals surface area contributed by atoms with E-state index < -0.39 is 5.60 Å². The molecule has 8 nitrogen and oxygen atoms in total. The van der Waals surface area contributed by atoms with Gasteiger partial charge in [-0.1, -0.05) is 30.3 Å². The molecule has 4 rings (SSSR count). The fourth-order valence-corrected chi connectivity index (χ4v) is 4.63. The van der Waals surface area contributed by atoms with Crippen LogP contribution in [0.15, 0.2) is 53.3 Å². The average molecular weight is 522 g/mol. The van der Waals surface area contributed by atoms with Crippen LogP contribution in [-0.2, 0) is 24.2 Å². The Morgan fingerprint density at radius 2 is 1.76 bits per heavy atom. The summed E-state index contributed by atoms with van der Waals surface area (Å²) in [7, 11) is 0. The highest BCUT2D eigenvalue weighted by Crippen LogP contribution is 2.28. The van der Waals surface area contributed by atoms with E-state index in [1.54, 1.807) is 17.0 Å². The van der Waals surface area contributed by atoms with E-state index in [-0.39, 0.29) is 24.0 Å². The molecule has 2 N–H and O–H groups in total. The van der Waals surface area contributed by atoms with Crippen molar-refractivity contribution in [2.24, 2.45) is 5.73 Å². The number of benzene rings is 2. The maximum Gasteiger partial charge on any atom is 0.410 e. The van der Waals surface area contributed by atoms with E-state index >= 15 is 0 Å². The third kappa shape index (κ3) is 6.22. The Hall–Kier alpha value is -3.72. The number of nitrogens with zero attached hydrogens (tertiary/aromatic N) is 4. The molecule has 9 heteroatoms. The van der Waals surface area contributed by atoms with Gasteiger partial charge in [0.2, 0.25) is 0 Å². The lowest BCUT2D eigenvalue weighted by Gasteiger charge is -2.37. The van der Waals surface area contributed by atoms with Crippen LogP contribution in [-0.4, -0.2) is 52.6 Å². The van der Waals surface area contributed by atoms with Gasteiger partial charge in [-0.25, -0.2) is 13.9 Å². The van der Waals surface area contributed by atoms with E-state index in [0.29, 0.717) is 67.2 Å². The minimum absolute atomic E-state index is 0.0614. The average Bonchev–Trinajstić information content (AvgIpc) is 2.89. The van der Waals surface area contributed by atoms with Crippen LogP contribution < -0.4 is 16.2 Å². The molecule has 1 amide bonds. The molecule has 0 spiro atoms. The number of carbonyl (C=O) groups is 1. The molecular weight excluding hydrogens is 485 g/mol. The van der Waals surface area contributed by atoms with Crippen molar-refractivity contribution in [2.75, 3.05) is 31.1 Å². The molecule has 1 fully saturated rings. The van der Waals surface area contributed by atoms with E-state index in [2.05, 4.69) is 0 Å². The molecule has 0 atom stereocenters. The molecule has 202 valence electrons. The van der Waals surface area contributed by atoms with Crippen molar-refractivity contribution in [3.8, 4) is 11.3 Å². The van der Waals surface area contributed by atoms with Crippen molar-refractivity contribution in [3.63, 3.8) is 0 Å². The Labute approximate surface area is 222 Å². The zero-order chi connectivity index (χ0) is 27.4. The maximum absolute atomic E-state index is 14.2. The van der Waals surface area contributed by atoms with Gasteiger partial charge >= 0.3 is 6.09 Å². The van der Waals surface area contributed by atoms with Gasteiger partial charge in [-0.05, 0) is 57.9 Å². The number of aromatic nitrogens is 2. The first-order chi connectivity index (χ1) is 18.1. The summed E-state index contributed by atoms with van der Waals surface area (Å²) in [6.07, 6.45) is 0.282. The number of nitrogens with two attached hydrogens (primary N) is 1. The first-order valence-corrected chi connectivity index (χ1v) is 12.9. The molecule has 0 bridgehead atoms. The quantitative estimate of drug-likeness (QED) is 0.525. The lowest BCUT2D eigenvalue weighted by atomic mass is 10.0. The summed E-state index contributed by atoms with van der Waals surface area (Å²) in [5.41, 5.74) is 9.05. The van der Waals surface area contributed by atoms with Crippen LogP contribution in [0.2, 0.25) is 0 Å². The summed E-state index contributed by atoms with van der Waals surface area (Å²) in [6, 6.07) is 14.7. The molecule has 0 saturated carbocycles. The Kier molecular flexibility index (Phi) is 8.16. The minimum Gasteiger partial charge on any atom is -0.444 e. The summed E-state index contributed by atoms with van der Waals surface area (Å²) in [5, 5.41) is 4.73. The second-order valence-corrected chi connectivity index (χ2v) is 10.6. The Morgan fingerprint density at radius 3 is 2.39 bits per heavy atom. The molecule has 38 heavy (non-hydrogen) atoms. The molecular formula is C29H36FN5O3. The normalized spacial score (nSPS) is 14.1. The van der Waals surface area contributed by atoms with Crippen molar-refractivity contribution in [3.05, 3.63) is 81.4 Å². The number of hydrogen-bond donors (Lipinski definition) is 1. The van der Waals surface area contributed by atoms with Gasteiger partial charge in [0.05, 0.1) is 5.69 Å². The second kappa shape index (κ2) is 11.3. The fraction of sp³-hybridized carbons (Fsp3) is 0.414. The maximum atomic E-state index is 14.2. The molecule has 0 unspecified atom stereocenters. The Balaban J connectivity index is 1.69. The van der Waals surface area contributed by atoms with Gasteiger partial charge in [-0.2, -0.15) is 5.10 Å². The largest absolute Gasteiger partial charge is 0.444 e. The van der Waals surface area contributed by atoms with Crippen LogP contribution in [0.5, 0.6) is 0 Å². The molecule has 1 aliphatic heterocycles. The van der Waals surface area contributed by atoms with E-state index in [9.17, 15) is 14.0 Å². The number of hydrogen-bond acceptors (Lipinski definition) is 6. The van der Waals surface area contributed by atoms with Crippen molar-refractivity contribution in [2.45, 2.75) is 52.8 Å². The number of anilines is 1. The van der Waals surface area contributed by atoms with Crippen molar-refractivity contribution < 1.29 is 13.9 Å². The summed E-state index contributed by atoms with van der Waals surface area (Å²) >= 11 is 0. The molecule has 2 heterocycles. The number of piperazine rings is 1. The van der Waals surface area contributed by atoms with Crippen LogP contribution in [0.4, 0.5) is 14.9 Å². The minimum atomic E-state index is -0.575. The highest BCUT2D eigenvalue weighted by atomic mass is 19.1. The third-order valence-corrected chi connectivity index (χ3v) is 6.61. The zero-order valence-electron chi connectivity index (χ0n) is 22.5. The predicted octanol–water partition coefficient (Wildman–Crippen LogP) is 4.12. The van der Waals surface area contributed by atoms with Crippen LogP contribution in [0, 0.1) is 12.7 Å². The third-order valence-electron chi connectivity index (χ3n) is 6.61. The topological polar surface area (TPSA) is 93.7 Å². The highest BCUT2D eigenvalue weighted by molar-refractivity contribution is 5.71. The van der Waals surface area contributed by atoms with Gasteiger partial charge < -0.3 is 20.3 Å². The fourth-order valence-electron chi connectivity index (χ4n) is 4.63. The SMILES string of the molecule is Cc1c(-c2ccc(F)c(CN)c2)nn(CCc2ccccc2)c(=O)c1N1CCN(C(=O)OC(C)(C)C)CC1. The van der Waals surface area contributed by atoms with Gasteiger partial charge in [0.15, 0.2) is 0 Å². The molecule has 0 radical (unpaired) electrons. The smallest absolute Gasteiger partial charge is 0.410 e. The van der Waals surface area contributed by atoms with E-state index in [1.807, 2.05) is 62.9 Å². The standard InChI is InChI=1S/C29H36FN5O3/c1-20-25(22-10-11-24(30)23(18-22)19-31)32-35(13-12-21-8-6-5-7-9-21)27(36)26(20)33-14-16-34(17-15-33)28(37)38-29(2,3)4/h5-11,18H,12-17,19,31H2,1-4H3. The van der Waals surface area contributed by atoms with Gasteiger partial charge in [0.1, 0.15) is 17.1 Å². The predicted molar refractivity (Wildman–Crippen MR) is 147 cm³/mol. The van der Waals surface area contributed by atoms with Crippen LogP contribution in [0.25, 0.3) is 11.3 Å². The number of aryl methyl sites for hydroxylation is 2. The molecule has 1 aromatic heterocycles. The Morgan fingerprint density at radius 1 is 1.08 bits per heavy atom. The van der Waals surface area contributed by atoms with Gasteiger partial charge in [-0.3, -0.25) is 4.79 Å². The van der Waals surface area contributed by atoms with Crippen molar-refractivity contribution >= 4 is 11.8 Å². The van der Waals surface area contributed by atoms with Crippen LogP contribution in [0.3, 0.4) is 0 Å². The number of carbonyl (C=O) groups excluding carboxylic acids is 1. The lowest BCUT2D eigenvalue weighted by molar-refractivity contribution is 0.0240. The number of halogens is 1. The summed E-state index contributed by atoms with van der Waals surface area (Å²) in [6.45, 7) is 9.67. The van der Waals surface area contributed by atoms with E-state index in [1.165, 1.54) is 10.7 Å². The van der Waals surface area contributed by atoms with Crippen LogP contribution >= 0.6 is 0 Å². The number of amides is 1. The zero-order valence-corrected chi connectivity index (χ0v) is 22.5. The van der Waals surface area contributed by atoms with Crippen LogP contribution in [0.1, 0.15) is 37.5 Å². The van der Waals surface area contributed by atoms with E-state index in [0.717, 1.165) is 5.56 Å². The second-order valence-electron chi connectivity index (χ2n) is 10.6. The van der Waals surface area contributed by atoms with Crippen molar-refractivity contribution in [1.29, 1.82) is 0 Å². The molecule has 0 aliphatic carbocycles. The number of rotatable bonds is 6. The van der Waals surface area contributed by atoms with Crippen molar-refractivity contribution in [1.82, 2.24) is 14.7 Å². The Bertz CT molecular complexity index is 1340. The molecule has 3 aromatic rings. The number of ether oxygens (including phenoxy) is 1. The molecule has 1 aliphatic rings. The summed E-state index contributed by atoms with van der Waals surface area (Å²) < 4.78 is 21.2. The summed E-state index contributed by atoms with van der Waals surface area (Å²) in [5.74, 6) is -0.371. The van der Waals surface area contributed by atoms with Gasteiger partial charge in [0, 0.05) is 56.0 Å². The molecule has 2 aromatic carbocycles. The monoisotopic (exact) mass is 521 g/mol. The van der Waals surface area contributed by atoms with E-state index in [4.69, 9.17) is 15.6 Å². The summed E-state index contributed by atoms with van der Waals surface area (Å²) in [4.78, 5) is 30.0. The first-order valence-electron chi connectivity index (χ1n) is 12.9. The van der Waals surface area contributed by atoms with Gasteiger partial charge in [-0.15, -0.1) is 0 Å².